The number of aliphatic hydroxyl groups is 2. The second kappa shape index (κ2) is 47.3. The summed E-state index contributed by atoms with van der Waals surface area (Å²) >= 11 is 0. The van der Waals surface area contributed by atoms with E-state index in [2.05, 4.69) is 31.3 Å². The second-order valence-electron chi connectivity index (χ2n) is 17.5. The van der Waals surface area contributed by atoms with Crippen LogP contribution in [0.15, 0.2) is 12.2 Å². The first-order chi connectivity index (χ1) is 28.0. The molecule has 1 amide bonds. The SMILES string of the molecule is CCCCCCCCCCCCCCCCCCCCCC(=O)OCCCC/C=C\CCCCCCC(=O)NC(CO)C(O)CCCCCCCCCCCCC. The number of hydrogen-bond donors (Lipinski definition) is 3. The molecule has 0 aliphatic carbocycles. The van der Waals surface area contributed by atoms with Crippen LogP contribution in [0.1, 0.15) is 277 Å². The van der Waals surface area contributed by atoms with Gasteiger partial charge < -0.3 is 20.3 Å². The quantitative estimate of drug-likeness (QED) is 0.0323. The molecule has 2 atom stereocenters. The maximum atomic E-state index is 12.4. The van der Waals surface area contributed by atoms with Gasteiger partial charge in [-0.2, -0.15) is 0 Å². The van der Waals surface area contributed by atoms with Crippen molar-refractivity contribution in [2.24, 2.45) is 0 Å². The summed E-state index contributed by atoms with van der Waals surface area (Å²) in [7, 11) is 0. The van der Waals surface area contributed by atoms with Crippen molar-refractivity contribution in [1.29, 1.82) is 0 Å². The fourth-order valence-electron chi connectivity index (χ4n) is 7.87. The zero-order valence-corrected chi connectivity index (χ0v) is 38.3. The molecular formula is C51H99NO5. The van der Waals surface area contributed by atoms with Crippen molar-refractivity contribution in [3.05, 3.63) is 12.2 Å². The van der Waals surface area contributed by atoms with Gasteiger partial charge in [0.05, 0.1) is 25.4 Å². The molecule has 6 nitrogen and oxygen atoms in total. The third kappa shape index (κ3) is 44.0. The summed E-state index contributed by atoms with van der Waals surface area (Å²) in [5, 5.41) is 23.1. The van der Waals surface area contributed by atoms with Crippen molar-refractivity contribution in [3.63, 3.8) is 0 Å². The van der Waals surface area contributed by atoms with Gasteiger partial charge in [-0.05, 0) is 51.4 Å². The Hall–Kier alpha value is -1.40. The molecule has 0 aromatic carbocycles. The highest BCUT2D eigenvalue weighted by Gasteiger charge is 2.20. The van der Waals surface area contributed by atoms with Crippen LogP contribution in [0.25, 0.3) is 0 Å². The third-order valence-electron chi connectivity index (χ3n) is 11.8. The van der Waals surface area contributed by atoms with Crippen molar-refractivity contribution in [2.75, 3.05) is 13.2 Å². The van der Waals surface area contributed by atoms with Crippen LogP contribution in [0.5, 0.6) is 0 Å². The van der Waals surface area contributed by atoms with E-state index in [4.69, 9.17) is 4.74 Å². The number of nitrogens with one attached hydrogen (secondary N) is 1. The molecule has 0 aliphatic rings. The first kappa shape index (κ1) is 55.6. The Bertz CT molecular complexity index is 847. The molecule has 0 radical (unpaired) electrons. The fourth-order valence-corrected chi connectivity index (χ4v) is 7.87. The average Bonchev–Trinajstić information content (AvgIpc) is 3.21. The summed E-state index contributed by atoms with van der Waals surface area (Å²) in [4.78, 5) is 24.4. The molecule has 338 valence electrons. The van der Waals surface area contributed by atoms with Crippen LogP contribution < -0.4 is 5.32 Å². The van der Waals surface area contributed by atoms with Gasteiger partial charge in [-0.15, -0.1) is 0 Å². The van der Waals surface area contributed by atoms with E-state index in [-0.39, 0.29) is 18.5 Å². The zero-order chi connectivity index (χ0) is 41.5. The molecule has 57 heavy (non-hydrogen) atoms. The number of hydrogen-bond acceptors (Lipinski definition) is 5. The van der Waals surface area contributed by atoms with Gasteiger partial charge in [0.2, 0.25) is 5.91 Å². The maximum absolute atomic E-state index is 12.4. The Morgan fingerprint density at radius 3 is 1.25 bits per heavy atom. The number of aliphatic hydroxyl groups excluding tert-OH is 2. The first-order valence-electron chi connectivity index (χ1n) is 25.4. The standard InChI is InChI=1S/C51H99NO5/c1-3-5-7-9-11-13-15-16-17-18-19-20-21-22-24-29-33-37-41-45-51(56)57-46-42-38-34-30-26-25-28-32-36-40-44-50(55)52-48(47-53)49(54)43-39-35-31-27-23-14-12-10-8-6-4-2/h26,30,48-49,53-54H,3-25,27-29,31-47H2,1-2H3,(H,52,55)/b30-26-. The van der Waals surface area contributed by atoms with Crippen LogP contribution in [0.3, 0.4) is 0 Å². The Morgan fingerprint density at radius 2 is 0.825 bits per heavy atom. The number of allylic oxidation sites excluding steroid dienone is 2. The van der Waals surface area contributed by atoms with E-state index in [1.807, 2.05) is 0 Å². The van der Waals surface area contributed by atoms with E-state index >= 15 is 0 Å². The minimum atomic E-state index is -0.683. The molecule has 3 N–H and O–H groups in total. The van der Waals surface area contributed by atoms with Crippen LogP contribution in [0.4, 0.5) is 0 Å². The minimum absolute atomic E-state index is 0.0318. The van der Waals surface area contributed by atoms with Crippen molar-refractivity contribution < 1.29 is 24.5 Å². The summed E-state index contributed by atoms with van der Waals surface area (Å²) in [5.41, 5.74) is 0. The number of esters is 1. The summed E-state index contributed by atoms with van der Waals surface area (Å²) < 4.78 is 5.44. The Kier molecular flexibility index (Phi) is 46.1. The van der Waals surface area contributed by atoms with Gasteiger partial charge in [-0.25, -0.2) is 0 Å². The predicted octanol–water partition coefficient (Wildman–Crippen LogP) is 15.0. The fraction of sp³-hybridized carbons (Fsp3) is 0.922. The lowest BCUT2D eigenvalue weighted by atomic mass is 10.0. The molecule has 0 aromatic heterocycles. The molecule has 0 fully saturated rings. The van der Waals surface area contributed by atoms with E-state index in [0.717, 1.165) is 77.0 Å². The normalized spacial score (nSPS) is 12.7. The molecule has 0 aliphatic heterocycles. The largest absolute Gasteiger partial charge is 0.466 e. The third-order valence-corrected chi connectivity index (χ3v) is 11.8. The molecule has 0 aromatic rings. The number of carbonyl (C=O) groups is 2. The van der Waals surface area contributed by atoms with Crippen LogP contribution >= 0.6 is 0 Å². The van der Waals surface area contributed by atoms with Crippen molar-refractivity contribution >= 4 is 11.9 Å². The lowest BCUT2D eigenvalue weighted by Gasteiger charge is -2.22. The number of unbranched alkanes of at least 4 members (excludes halogenated alkanes) is 34. The lowest BCUT2D eigenvalue weighted by molar-refractivity contribution is -0.143. The van der Waals surface area contributed by atoms with Crippen LogP contribution in [-0.2, 0) is 14.3 Å². The molecule has 0 spiro atoms. The highest BCUT2D eigenvalue weighted by atomic mass is 16.5. The molecular weight excluding hydrogens is 707 g/mol. The zero-order valence-electron chi connectivity index (χ0n) is 38.3. The topological polar surface area (TPSA) is 95.9 Å². The molecule has 6 heteroatoms. The van der Waals surface area contributed by atoms with Gasteiger partial charge in [0.1, 0.15) is 0 Å². The van der Waals surface area contributed by atoms with Gasteiger partial charge in [0.25, 0.3) is 0 Å². The van der Waals surface area contributed by atoms with Gasteiger partial charge in [0.15, 0.2) is 0 Å². The van der Waals surface area contributed by atoms with E-state index in [1.165, 1.54) is 167 Å². The smallest absolute Gasteiger partial charge is 0.305 e. The molecule has 2 unspecified atom stereocenters. The minimum Gasteiger partial charge on any atom is -0.466 e. The van der Waals surface area contributed by atoms with Crippen LogP contribution in [-0.4, -0.2) is 47.4 Å². The number of carbonyl (C=O) groups excluding carboxylic acids is 2. The molecule has 0 saturated carbocycles. The van der Waals surface area contributed by atoms with Gasteiger partial charge >= 0.3 is 5.97 Å². The molecule has 0 saturated heterocycles. The van der Waals surface area contributed by atoms with Crippen molar-refractivity contribution in [1.82, 2.24) is 5.32 Å². The number of amides is 1. The summed E-state index contributed by atoms with van der Waals surface area (Å²) in [6.07, 6.45) is 53.3. The Labute approximate surface area is 355 Å². The summed E-state index contributed by atoms with van der Waals surface area (Å²) in [6, 6.07) is -0.564. The Morgan fingerprint density at radius 1 is 0.474 bits per heavy atom. The molecule has 0 rings (SSSR count). The molecule has 0 bridgehead atoms. The lowest BCUT2D eigenvalue weighted by Crippen LogP contribution is -2.45. The predicted molar refractivity (Wildman–Crippen MR) is 246 cm³/mol. The Balaban J connectivity index is 3.47. The second-order valence-corrected chi connectivity index (χ2v) is 17.5. The average molecular weight is 806 g/mol. The van der Waals surface area contributed by atoms with Crippen molar-refractivity contribution in [3.8, 4) is 0 Å². The van der Waals surface area contributed by atoms with Gasteiger partial charge in [0, 0.05) is 12.8 Å². The van der Waals surface area contributed by atoms with Crippen LogP contribution in [0.2, 0.25) is 0 Å². The van der Waals surface area contributed by atoms with E-state index < -0.39 is 12.1 Å². The van der Waals surface area contributed by atoms with E-state index in [1.54, 1.807) is 0 Å². The van der Waals surface area contributed by atoms with Crippen LogP contribution in [0, 0.1) is 0 Å². The monoisotopic (exact) mass is 806 g/mol. The van der Waals surface area contributed by atoms with E-state index in [0.29, 0.717) is 25.9 Å². The van der Waals surface area contributed by atoms with Gasteiger partial charge in [-0.3, -0.25) is 9.59 Å². The number of ether oxygens (including phenoxy) is 1. The number of rotatable bonds is 47. The van der Waals surface area contributed by atoms with Gasteiger partial charge in [-0.1, -0.05) is 225 Å². The van der Waals surface area contributed by atoms with Crippen molar-refractivity contribution in [2.45, 2.75) is 289 Å². The highest BCUT2D eigenvalue weighted by Crippen LogP contribution is 2.16. The highest BCUT2D eigenvalue weighted by molar-refractivity contribution is 5.76. The maximum Gasteiger partial charge on any atom is 0.305 e. The first-order valence-corrected chi connectivity index (χ1v) is 25.4. The van der Waals surface area contributed by atoms with E-state index in [9.17, 15) is 19.8 Å². The molecule has 0 heterocycles. The summed E-state index contributed by atoms with van der Waals surface area (Å²) in [6.45, 7) is 4.86. The summed E-state index contributed by atoms with van der Waals surface area (Å²) in [5.74, 6) is -0.103.